The Bertz CT molecular complexity index is 988. The third kappa shape index (κ3) is 6.49. The minimum absolute atomic E-state index is 0. The van der Waals surface area contributed by atoms with Gasteiger partial charge in [-0.05, 0) is 55.6 Å². The van der Waals surface area contributed by atoms with Crippen LogP contribution in [-0.2, 0) is 23.3 Å². The topological polar surface area (TPSA) is 49.4 Å². The van der Waals surface area contributed by atoms with Crippen molar-refractivity contribution in [3.05, 3.63) is 70.2 Å². The Labute approximate surface area is 188 Å². The Morgan fingerprint density at radius 1 is 1.07 bits per heavy atom. The van der Waals surface area contributed by atoms with E-state index in [0.717, 1.165) is 57.6 Å². The molecule has 0 bridgehead atoms. The molecule has 0 spiro atoms. The van der Waals surface area contributed by atoms with Gasteiger partial charge < -0.3 is 5.32 Å². The monoisotopic (exact) mass is 476 g/mol. The van der Waals surface area contributed by atoms with Gasteiger partial charge in [0.05, 0.1) is 5.02 Å². The van der Waals surface area contributed by atoms with Gasteiger partial charge in [-0.2, -0.15) is 8.42 Å². The van der Waals surface area contributed by atoms with Crippen molar-refractivity contribution in [1.29, 1.82) is 0 Å². The molecule has 0 amide bonds. The summed E-state index contributed by atoms with van der Waals surface area (Å²) in [5.41, 5.74) is 2.61. The van der Waals surface area contributed by atoms with Crippen molar-refractivity contribution in [2.24, 2.45) is 5.92 Å². The van der Waals surface area contributed by atoms with Gasteiger partial charge in [0.2, 0.25) is 10.3 Å². The molecule has 2 aliphatic rings. The molecule has 1 saturated heterocycles. The first kappa shape index (κ1) is 24.8. The molecule has 2 aromatic carbocycles. The molecular weight excluding hydrogens is 453 g/mol. The Hall–Kier alpha value is -1.51. The van der Waals surface area contributed by atoms with Gasteiger partial charge in [-0.25, -0.2) is 8.78 Å². The molecule has 164 valence electrons. The summed E-state index contributed by atoms with van der Waals surface area (Å²) < 4.78 is 47.7. The smallest absolute Gasteiger partial charge is 0.228 e. The third-order valence-electron chi connectivity index (χ3n) is 5.18. The Morgan fingerprint density at radius 2 is 1.73 bits per heavy atom. The largest absolute Gasteiger partial charge is 0.317 e. The van der Waals surface area contributed by atoms with Crippen LogP contribution in [0.25, 0.3) is 0 Å². The molecule has 4 rings (SSSR count). The van der Waals surface area contributed by atoms with Crippen LogP contribution < -0.4 is 5.32 Å². The van der Waals surface area contributed by atoms with E-state index < -0.39 is 21.9 Å². The number of fused-ring (bicyclic) bond motifs is 1. The molecule has 2 aliphatic heterocycles. The van der Waals surface area contributed by atoms with Crippen molar-refractivity contribution in [3.8, 4) is 0 Å². The zero-order valence-electron chi connectivity index (χ0n) is 16.3. The first-order valence-corrected chi connectivity index (χ1v) is 11.0. The van der Waals surface area contributed by atoms with E-state index in [4.69, 9.17) is 11.6 Å². The lowest BCUT2D eigenvalue weighted by molar-refractivity contribution is 0.352. The molecule has 0 aromatic heterocycles. The second-order valence-electron chi connectivity index (χ2n) is 7.10. The highest BCUT2D eigenvalue weighted by Crippen LogP contribution is 2.23. The van der Waals surface area contributed by atoms with E-state index in [1.54, 1.807) is 0 Å². The highest BCUT2D eigenvalue weighted by atomic mass is 35.5. The van der Waals surface area contributed by atoms with Crippen LogP contribution in [0.2, 0.25) is 5.02 Å². The molecular formula is C21H24Cl2F2N2O2S. The van der Waals surface area contributed by atoms with E-state index in [9.17, 15) is 17.2 Å². The number of piperidine rings is 1. The number of halogens is 4. The summed E-state index contributed by atoms with van der Waals surface area (Å²) in [5, 5.41) is 3.24. The van der Waals surface area contributed by atoms with Gasteiger partial charge in [-0.1, -0.05) is 35.9 Å². The van der Waals surface area contributed by atoms with Crippen LogP contribution in [0.3, 0.4) is 0 Å². The average Bonchev–Trinajstić information content (AvgIpc) is 2.72. The lowest BCUT2D eigenvalue weighted by Gasteiger charge is -2.33. The van der Waals surface area contributed by atoms with Gasteiger partial charge in [-0.15, -0.1) is 12.4 Å². The van der Waals surface area contributed by atoms with Gasteiger partial charge >= 0.3 is 0 Å². The molecule has 0 unspecified atom stereocenters. The molecule has 2 aromatic rings. The van der Waals surface area contributed by atoms with E-state index in [0.29, 0.717) is 4.99 Å². The number of hydrogen-bond acceptors (Lipinski definition) is 3. The zero-order chi connectivity index (χ0) is 20.8. The quantitative estimate of drug-likeness (QED) is 0.497. The van der Waals surface area contributed by atoms with E-state index in [2.05, 4.69) is 28.4 Å². The summed E-state index contributed by atoms with van der Waals surface area (Å²) in [6, 6.07) is 11.3. The van der Waals surface area contributed by atoms with Crippen molar-refractivity contribution in [1.82, 2.24) is 10.2 Å². The van der Waals surface area contributed by atoms with Gasteiger partial charge in [0.25, 0.3) is 0 Å². The number of nitrogens with one attached hydrogen (secondary N) is 1. The first-order chi connectivity index (χ1) is 14.0. The summed E-state index contributed by atoms with van der Waals surface area (Å²) in [5.74, 6) is -1.16. The van der Waals surface area contributed by atoms with E-state index in [-0.39, 0.29) is 23.3 Å². The van der Waals surface area contributed by atoms with Crippen LogP contribution in [0, 0.1) is 17.6 Å². The van der Waals surface area contributed by atoms with Crippen LogP contribution >= 0.6 is 24.0 Å². The number of nitrogens with zero attached hydrogens (tertiary/aromatic N) is 1. The molecule has 1 N–H and O–H groups in total. The van der Waals surface area contributed by atoms with Crippen molar-refractivity contribution in [2.45, 2.75) is 25.8 Å². The fraction of sp³-hybridized carbons (Fsp3) is 0.381. The molecule has 1 fully saturated rings. The predicted octanol–water partition coefficient (Wildman–Crippen LogP) is 4.09. The maximum Gasteiger partial charge on any atom is 0.228 e. The molecule has 4 nitrogen and oxygen atoms in total. The van der Waals surface area contributed by atoms with Crippen molar-refractivity contribution >= 4 is 39.3 Å². The van der Waals surface area contributed by atoms with Crippen molar-refractivity contribution < 1.29 is 17.2 Å². The standard InChI is InChI=1S/C15H20N2O2S.C6H3ClF2.ClH/c18-20(19)15(13-5-8-16-9-6-13)17-10-7-12-3-1-2-4-14(12)11-17;7-5-2-1-4(8)3-6(5)9;/h1-4,13,16H,5-11H2;1-3H;1H. The summed E-state index contributed by atoms with van der Waals surface area (Å²) in [6.45, 7) is 3.36. The molecule has 0 aliphatic carbocycles. The van der Waals surface area contributed by atoms with Gasteiger partial charge in [-0.3, -0.25) is 4.90 Å². The van der Waals surface area contributed by atoms with E-state index in [1.165, 1.54) is 17.2 Å². The molecule has 0 radical (unpaired) electrons. The summed E-state index contributed by atoms with van der Waals surface area (Å²) >= 11 is 5.24. The van der Waals surface area contributed by atoms with Crippen molar-refractivity contribution in [3.63, 3.8) is 0 Å². The fourth-order valence-corrected chi connectivity index (χ4v) is 4.71. The van der Waals surface area contributed by atoms with E-state index >= 15 is 0 Å². The van der Waals surface area contributed by atoms with Gasteiger partial charge in [0.1, 0.15) is 16.6 Å². The molecule has 2 heterocycles. The molecule has 9 heteroatoms. The highest BCUT2D eigenvalue weighted by molar-refractivity contribution is 7.72. The van der Waals surface area contributed by atoms with Crippen LogP contribution in [0.4, 0.5) is 8.78 Å². The minimum Gasteiger partial charge on any atom is -0.317 e. The zero-order valence-corrected chi connectivity index (χ0v) is 18.7. The maximum atomic E-state index is 12.2. The van der Waals surface area contributed by atoms with Crippen LogP contribution in [-0.4, -0.2) is 37.9 Å². The fourth-order valence-electron chi connectivity index (χ4n) is 3.72. The summed E-state index contributed by atoms with van der Waals surface area (Å²) in [6.07, 6.45) is 2.77. The maximum absolute atomic E-state index is 12.2. The average molecular weight is 477 g/mol. The second-order valence-corrected chi connectivity index (χ2v) is 8.39. The molecule has 30 heavy (non-hydrogen) atoms. The SMILES string of the molecule is Cl.Fc1ccc(Cl)c(F)c1.O=S(=O)=C(C1CCNCC1)N1CCc2ccccc2C1. The predicted molar refractivity (Wildman–Crippen MR) is 119 cm³/mol. The van der Waals surface area contributed by atoms with Crippen LogP contribution in [0.15, 0.2) is 42.5 Å². The first-order valence-electron chi connectivity index (χ1n) is 9.55. The number of benzene rings is 2. The van der Waals surface area contributed by atoms with Crippen LogP contribution in [0.1, 0.15) is 24.0 Å². The Balaban J connectivity index is 0.000000272. The Kier molecular flexibility index (Phi) is 9.71. The number of rotatable bonds is 1. The lowest BCUT2D eigenvalue weighted by Crippen LogP contribution is -2.43. The summed E-state index contributed by atoms with van der Waals surface area (Å²) in [4.78, 5) is 2.70. The highest BCUT2D eigenvalue weighted by Gasteiger charge is 2.28. The third-order valence-corrected chi connectivity index (χ3v) is 6.42. The summed E-state index contributed by atoms with van der Waals surface area (Å²) in [7, 11) is -2.11. The van der Waals surface area contributed by atoms with E-state index in [1.807, 2.05) is 6.07 Å². The lowest BCUT2D eigenvalue weighted by atomic mass is 9.94. The number of hydrogen-bond donors (Lipinski definition) is 1. The Morgan fingerprint density at radius 3 is 2.33 bits per heavy atom. The minimum atomic E-state index is -2.11. The second kappa shape index (κ2) is 11.8. The normalized spacial score (nSPS) is 16.5. The van der Waals surface area contributed by atoms with Gasteiger partial charge in [0, 0.05) is 25.1 Å². The van der Waals surface area contributed by atoms with Crippen LogP contribution in [0.5, 0.6) is 0 Å². The van der Waals surface area contributed by atoms with Crippen molar-refractivity contribution in [2.75, 3.05) is 19.6 Å². The molecule has 0 saturated carbocycles. The van der Waals surface area contributed by atoms with Gasteiger partial charge in [0.15, 0.2) is 0 Å². The molecule has 0 atom stereocenters.